The summed E-state index contributed by atoms with van der Waals surface area (Å²) in [4.78, 5) is 22.6. The summed E-state index contributed by atoms with van der Waals surface area (Å²) in [6, 6.07) is 7.90. The Labute approximate surface area is 119 Å². The third-order valence-corrected chi connectivity index (χ3v) is 2.63. The normalized spacial score (nSPS) is 10.5. The van der Waals surface area contributed by atoms with Crippen molar-refractivity contribution >= 4 is 18.0 Å². The van der Waals surface area contributed by atoms with Crippen molar-refractivity contribution < 1.29 is 14.3 Å². The molecule has 1 rings (SSSR count). The first kappa shape index (κ1) is 16.0. The molecule has 0 heterocycles. The number of carbonyl (C=O) groups is 2. The van der Waals surface area contributed by atoms with E-state index in [1.54, 1.807) is 13.0 Å². The van der Waals surface area contributed by atoms with Gasteiger partial charge in [0.15, 0.2) is 0 Å². The first-order valence-corrected chi connectivity index (χ1v) is 6.80. The van der Waals surface area contributed by atoms with Gasteiger partial charge in [-0.2, -0.15) is 0 Å². The van der Waals surface area contributed by atoms with Gasteiger partial charge in [0.1, 0.15) is 0 Å². The summed E-state index contributed by atoms with van der Waals surface area (Å²) in [5, 5.41) is 2.73. The van der Waals surface area contributed by atoms with Crippen molar-refractivity contribution in [2.75, 3.05) is 13.2 Å². The van der Waals surface area contributed by atoms with Crippen molar-refractivity contribution in [2.45, 2.75) is 26.7 Å². The molecule has 0 atom stereocenters. The third kappa shape index (κ3) is 6.73. The molecule has 1 N–H and O–H groups in total. The summed E-state index contributed by atoms with van der Waals surface area (Å²) in [5.74, 6) is -0.382. The van der Waals surface area contributed by atoms with Gasteiger partial charge in [-0.25, -0.2) is 0 Å². The Morgan fingerprint density at radius 1 is 1.35 bits per heavy atom. The van der Waals surface area contributed by atoms with Crippen LogP contribution in [0.15, 0.2) is 30.3 Å². The molecule has 0 aliphatic carbocycles. The third-order valence-electron chi connectivity index (χ3n) is 2.63. The Morgan fingerprint density at radius 2 is 2.15 bits per heavy atom. The largest absolute Gasteiger partial charge is 0.466 e. The first-order chi connectivity index (χ1) is 9.61. The number of hydrogen-bond donors (Lipinski definition) is 1. The molecule has 108 valence electrons. The highest BCUT2D eigenvalue weighted by Crippen LogP contribution is 2.05. The van der Waals surface area contributed by atoms with Crippen LogP contribution in [0.25, 0.3) is 6.08 Å². The molecule has 0 aromatic heterocycles. The average molecular weight is 275 g/mol. The number of aryl methyl sites for hydroxylation is 1. The number of amides is 1. The Kier molecular flexibility index (Phi) is 7.11. The lowest BCUT2D eigenvalue weighted by Gasteiger charge is -2.02. The minimum absolute atomic E-state index is 0.157. The van der Waals surface area contributed by atoms with E-state index in [2.05, 4.69) is 5.32 Å². The summed E-state index contributed by atoms with van der Waals surface area (Å²) >= 11 is 0. The summed E-state index contributed by atoms with van der Waals surface area (Å²) in [5.41, 5.74) is 2.15. The predicted molar refractivity (Wildman–Crippen MR) is 79.1 cm³/mol. The van der Waals surface area contributed by atoms with Crippen LogP contribution < -0.4 is 5.32 Å². The molecule has 0 saturated heterocycles. The number of nitrogens with one attached hydrogen (secondary N) is 1. The molecule has 0 radical (unpaired) electrons. The van der Waals surface area contributed by atoms with Gasteiger partial charge in [0.2, 0.25) is 5.91 Å². The predicted octanol–water partition coefficient (Wildman–Crippen LogP) is 2.47. The Morgan fingerprint density at radius 3 is 2.85 bits per heavy atom. The van der Waals surface area contributed by atoms with Gasteiger partial charge in [-0.15, -0.1) is 0 Å². The minimum atomic E-state index is -0.225. The molecule has 0 spiro atoms. The molecular formula is C16H21NO3. The molecule has 1 aromatic carbocycles. The molecule has 1 amide bonds. The molecule has 0 bridgehead atoms. The molecule has 0 fully saturated rings. The number of carbonyl (C=O) groups excluding carboxylic acids is 2. The first-order valence-electron chi connectivity index (χ1n) is 6.80. The highest BCUT2D eigenvalue weighted by Gasteiger charge is 2.01. The van der Waals surface area contributed by atoms with E-state index in [0.29, 0.717) is 26.0 Å². The van der Waals surface area contributed by atoms with Crippen LogP contribution in [0, 0.1) is 6.92 Å². The monoisotopic (exact) mass is 275 g/mol. The van der Waals surface area contributed by atoms with E-state index in [1.807, 2.05) is 31.2 Å². The topological polar surface area (TPSA) is 55.4 Å². The van der Waals surface area contributed by atoms with E-state index in [9.17, 15) is 9.59 Å². The van der Waals surface area contributed by atoms with E-state index < -0.39 is 0 Å². The highest BCUT2D eigenvalue weighted by atomic mass is 16.5. The zero-order valence-corrected chi connectivity index (χ0v) is 12.0. The molecule has 1 aromatic rings. The summed E-state index contributed by atoms with van der Waals surface area (Å²) in [7, 11) is 0. The van der Waals surface area contributed by atoms with Crippen molar-refractivity contribution in [1.29, 1.82) is 0 Å². The summed E-state index contributed by atoms with van der Waals surface area (Å²) in [6.07, 6.45) is 4.19. The Balaban J connectivity index is 2.25. The molecule has 0 aliphatic rings. The highest BCUT2D eigenvalue weighted by molar-refractivity contribution is 5.91. The van der Waals surface area contributed by atoms with Crippen LogP contribution in [0.3, 0.4) is 0 Å². The second kappa shape index (κ2) is 8.91. The number of ether oxygens (including phenoxy) is 1. The maximum Gasteiger partial charge on any atom is 0.305 e. The van der Waals surface area contributed by atoms with Crippen LogP contribution in [0.2, 0.25) is 0 Å². The number of esters is 1. The van der Waals surface area contributed by atoms with Crippen molar-refractivity contribution in [1.82, 2.24) is 5.32 Å². The molecule has 0 saturated carbocycles. The maximum atomic E-state index is 11.6. The fourth-order valence-electron chi connectivity index (χ4n) is 1.68. The van der Waals surface area contributed by atoms with Crippen LogP contribution in [-0.4, -0.2) is 25.0 Å². The van der Waals surface area contributed by atoms with E-state index in [4.69, 9.17) is 4.74 Å². The molecule has 4 heteroatoms. The van der Waals surface area contributed by atoms with Crippen LogP contribution in [0.1, 0.15) is 30.9 Å². The Hall–Kier alpha value is -2.10. The van der Waals surface area contributed by atoms with Crippen molar-refractivity contribution in [2.24, 2.45) is 0 Å². The van der Waals surface area contributed by atoms with Gasteiger partial charge in [-0.3, -0.25) is 9.59 Å². The lowest BCUT2D eigenvalue weighted by molar-refractivity contribution is -0.143. The smallest absolute Gasteiger partial charge is 0.305 e. The second-order valence-electron chi connectivity index (χ2n) is 4.45. The fourth-order valence-corrected chi connectivity index (χ4v) is 1.68. The number of rotatable bonds is 7. The van der Waals surface area contributed by atoms with Gasteiger partial charge in [0.25, 0.3) is 0 Å². The summed E-state index contributed by atoms with van der Waals surface area (Å²) in [6.45, 7) is 4.64. The molecule has 0 unspecified atom stereocenters. The molecule has 4 nitrogen and oxygen atoms in total. The van der Waals surface area contributed by atoms with Crippen molar-refractivity contribution in [3.63, 3.8) is 0 Å². The quantitative estimate of drug-likeness (QED) is 0.472. The van der Waals surface area contributed by atoms with Gasteiger partial charge >= 0.3 is 5.97 Å². The zero-order chi connectivity index (χ0) is 14.8. The van der Waals surface area contributed by atoms with Gasteiger partial charge in [-0.1, -0.05) is 29.8 Å². The van der Waals surface area contributed by atoms with Crippen LogP contribution in [0.5, 0.6) is 0 Å². The molecule has 20 heavy (non-hydrogen) atoms. The van der Waals surface area contributed by atoms with Gasteiger partial charge in [0.05, 0.1) is 6.61 Å². The van der Waals surface area contributed by atoms with Crippen LogP contribution >= 0.6 is 0 Å². The molecular weight excluding hydrogens is 254 g/mol. The zero-order valence-electron chi connectivity index (χ0n) is 12.0. The molecule has 0 aliphatic heterocycles. The maximum absolute atomic E-state index is 11.6. The fraction of sp³-hybridized carbons (Fsp3) is 0.375. The standard InChI is InChI=1S/C16H21NO3/c1-3-20-16(19)8-5-11-17-15(18)10-9-14-7-4-6-13(2)12-14/h4,6-7,9-10,12H,3,5,8,11H2,1-2H3,(H,17,18)/b10-9+. The van der Waals surface area contributed by atoms with E-state index >= 15 is 0 Å². The van der Waals surface area contributed by atoms with E-state index in [0.717, 1.165) is 11.1 Å². The summed E-state index contributed by atoms with van der Waals surface area (Å²) < 4.78 is 4.80. The second-order valence-corrected chi connectivity index (χ2v) is 4.45. The average Bonchev–Trinajstić information content (AvgIpc) is 2.42. The minimum Gasteiger partial charge on any atom is -0.466 e. The van der Waals surface area contributed by atoms with Crippen LogP contribution in [-0.2, 0) is 14.3 Å². The SMILES string of the molecule is CCOC(=O)CCCNC(=O)/C=C/c1cccc(C)c1. The van der Waals surface area contributed by atoms with Crippen LogP contribution in [0.4, 0.5) is 0 Å². The lowest BCUT2D eigenvalue weighted by Crippen LogP contribution is -2.22. The van der Waals surface area contributed by atoms with E-state index in [1.165, 1.54) is 6.08 Å². The van der Waals surface area contributed by atoms with E-state index in [-0.39, 0.29) is 11.9 Å². The number of hydrogen-bond acceptors (Lipinski definition) is 3. The van der Waals surface area contributed by atoms with Gasteiger partial charge < -0.3 is 10.1 Å². The Bertz CT molecular complexity index is 480. The van der Waals surface area contributed by atoms with Gasteiger partial charge in [-0.05, 0) is 31.9 Å². The number of benzene rings is 1. The van der Waals surface area contributed by atoms with Gasteiger partial charge in [0, 0.05) is 19.0 Å². The lowest BCUT2D eigenvalue weighted by atomic mass is 10.1. The van der Waals surface area contributed by atoms with Crippen molar-refractivity contribution in [3.05, 3.63) is 41.5 Å². The van der Waals surface area contributed by atoms with Crippen molar-refractivity contribution in [3.8, 4) is 0 Å².